The summed E-state index contributed by atoms with van der Waals surface area (Å²) >= 11 is 3.44. The average molecular weight is 288 g/mol. The van der Waals surface area contributed by atoms with E-state index in [1.165, 1.54) is 0 Å². The van der Waals surface area contributed by atoms with Crippen molar-refractivity contribution < 1.29 is 9.84 Å². The van der Waals surface area contributed by atoms with Gasteiger partial charge in [0.15, 0.2) is 5.75 Å². The van der Waals surface area contributed by atoms with Gasteiger partial charge in [0.05, 0.1) is 22.9 Å². The highest BCUT2D eigenvalue weighted by molar-refractivity contribution is 9.10. The fraction of sp³-hybridized carbons (Fsp3) is 0.500. The third-order valence-corrected chi connectivity index (χ3v) is 3.02. The lowest BCUT2D eigenvalue weighted by atomic mass is 9.95. The van der Waals surface area contributed by atoms with E-state index in [0.29, 0.717) is 0 Å². The fourth-order valence-electron chi connectivity index (χ4n) is 1.68. The van der Waals surface area contributed by atoms with E-state index in [1.54, 1.807) is 21.0 Å². The Kier molecular flexibility index (Phi) is 3.86. The number of hydrogen-bond donors (Lipinski definition) is 1. The summed E-state index contributed by atoms with van der Waals surface area (Å²) in [5, 5.41) is 10.1. The number of benzene rings is 1. The normalized spacial score (nSPS) is 11.4. The van der Waals surface area contributed by atoms with Gasteiger partial charge in [-0.3, -0.25) is 0 Å². The molecule has 0 amide bonds. The van der Waals surface area contributed by atoms with E-state index >= 15 is 0 Å². The number of methoxy groups -OCH3 is 1. The molecule has 0 bridgehead atoms. The smallest absolute Gasteiger partial charge is 0.156 e. The van der Waals surface area contributed by atoms with Gasteiger partial charge in [-0.05, 0) is 35.8 Å². The third-order valence-electron chi connectivity index (χ3n) is 2.39. The summed E-state index contributed by atoms with van der Waals surface area (Å²) in [7, 11) is 5.49. The molecule has 1 N–H and O–H groups in total. The van der Waals surface area contributed by atoms with Crippen molar-refractivity contribution in [2.45, 2.75) is 19.4 Å². The maximum atomic E-state index is 10.1. The molecule has 0 aliphatic rings. The molecule has 0 spiro atoms. The van der Waals surface area contributed by atoms with Crippen molar-refractivity contribution in [1.82, 2.24) is 0 Å². The second-order valence-electron chi connectivity index (χ2n) is 4.43. The van der Waals surface area contributed by atoms with Crippen molar-refractivity contribution in [2.24, 2.45) is 0 Å². The predicted octanol–water partition coefficient (Wildman–Crippen LogP) is 2.75. The molecule has 0 saturated heterocycles. The van der Waals surface area contributed by atoms with E-state index in [9.17, 15) is 5.11 Å². The Morgan fingerprint density at radius 1 is 1.31 bits per heavy atom. The van der Waals surface area contributed by atoms with Crippen molar-refractivity contribution >= 4 is 21.6 Å². The number of halogens is 1. The average Bonchev–Trinajstić information content (AvgIpc) is 2.14. The van der Waals surface area contributed by atoms with Crippen LogP contribution in [0.3, 0.4) is 0 Å². The first kappa shape index (κ1) is 13.3. The molecule has 3 nitrogen and oxygen atoms in total. The van der Waals surface area contributed by atoms with Crippen LogP contribution in [0.5, 0.6) is 5.75 Å². The molecule has 0 aliphatic carbocycles. The highest BCUT2D eigenvalue weighted by Crippen LogP contribution is 2.41. The standard InChI is InChI=1S/C12H18BrNO2/c1-12(2,15)8-6-7-9(13)11(16-5)10(8)14(3)4/h6-7,15H,1-5H3. The van der Waals surface area contributed by atoms with Gasteiger partial charge in [0.2, 0.25) is 0 Å². The molecular weight excluding hydrogens is 270 g/mol. The first-order chi connectivity index (χ1) is 7.29. The van der Waals surface area contributed by atoms with Gasteiger partial charge in [-0.2, -0.15) is 0 Å². The van der Waals surface area contributed by atoms with Gasteiger partial charge in [0.1, 0.15) is 0 Å². The Morgan fingerprint density at radius 3 is 2.25 bits per heavy atom. The van der Waals surface area contributed by atoms with E-state index in [-0.39, 0.29) is 0 Å². The second-order valence-corrected chi connectivity index (χ2v) is 5.28. The molecule has 0 unspecified atom stereocenters. The van der Waals surface area contributed by atoms with E-state index in [1.807, 2.05) is 31.1 Å². The molecule has 0 aliphatic heterocycles. The summed E-state index contributed by atoms with van der Waals surface area (Å²) in [6.07, 6.45) is 0. The van der Waals surface area contributed by atoms with Crippen molar-refractivity contribution in [2.75, 3.05) is 26.1 Å². The van der Waals surface area contributed by atoms with Crippen LogP contribution in [-0.2, 0) is 5.60 Å². The van der Waals surface area contributed by atoms with E-state index in [4.69, 9.17) is 4.74 Å². The van der Waals surface area contributed by atoms with Crippen molar-refractivity contribution in [3.05, 3.63) is 22.2 Å². The molecule has 0 atom stereocenters. The van der Waals surface area contributed by atoms with E-state index in [0.717, 1.165) is 21.5 Å². The highest BCUT2D eigenvalue weighted by atomic mass is 79.9. The van der Waals surface area contributed by atoms with Gasteiger partial charge in [-0.25, -0.2) is 0 Å². The molecule has 16 heavy (non-hydrogen) atoms. The van der Waals surface area contributed by atoms with Crippen molar-refractivity contribution in [1.29, 1.82) is 0 Å². The van der Waals surface area contributed by atoms with Crippen LogP contribution in [0.15, 0.2) is 16.6 Å². The summed E-state index contributed by atoms with van der Waals surface area (Å²) < 4.78 is 6.25. The van der Waals surface area contributed by atoms with Crippen molar-refractivity contribution in [3.63, 3.8) is 0 Å². The molecule has 4 heteroatoms. The van der Waals surface area contributed by atoms with Crippen LogP contribution in [0.25, 0.3) is 0 Å². The molecule has 90 valence electrons. The zero-order valence-corrected chi connectivity index (χ0v) is 11.9. The number of hydrogen-bond acceptors (Lipinski definition) is 3. The topological polar surface area (TPSA) is 32.7 Å². The van der Waals surface area contributed by atoms with Gasteiger partial charge >= 0.3 is 0 Å². The molecular formula is C12H18BrNO2. The van der Waals surface area contributed by atoms with Crippen molar-refractivity contribution in [3.8, 4) is 5.75 Å². The summed E-state index contributed by atoms with van der Waals surface area (Å²) in [4.78, 5) is 1.94. The van der Waals surface area contributed by atoms with Crippen LogP contribution in [0.4, 0.5) is 5.69 Å². The van der Waals surface area contributed by atoms with Gasteiger partial charge < -0.3 is 14.7 Å². The Morgan fingerprint density at radius 2 is 1.88 bits per heavy atom. The van der Waals surface area contributed by atoms with Crippen LogP contribution in [0, 0.1) is 0 Å². The molecule has 1 aromatic carbocycles. The van der Waals surface area contributed by atoms with Crippen LogP contribution in [0.2, 0.25) is 0 Å². The molecule has 0 radical (unpaired) electrons. The Hall–Kier alpha value is -0.740. The maximum absolute atomic E-state index is 10.1. The van der Waals surface area contributed by atoms with E-state index in [2.05, 4.69) is 15.9 Å². The molecule has 1 rings (SSSR count). The van der Waals surface area contributed by atoms with Crippen LogP contribution >= 0.6 is 15.9 Å². The summed E-state index contributed by atoms with van der Waals surface area (Å²) in [5.41, 5.74) is 0.843. The quantitative estimate of drug-likeness (QED) is 0.928. The van der Waals surface area contributed by atoms with Gasteiger partial charge in [-0.15, -0.1) is 0 Å². The van der Waals surface area contributed by atoms with Crippen LogP contribution in [0.1, 0.15) is 19.4 Å². The first-order valence-corrected chi connectivity index (χ1v) is 5.85. The minimum absolute atomic E-state index is 0.740. The largest absolute Gasteiger partial charge is 0.493 e. The van der Waals surface area contributed by atoms with E-state index < -0.39 is 5.60 Å². The minimum Gasteiger partial charge on any atom is -0.493 e. The van der Waals surface area contributed by atoms with Gasteiger partial charge in [0, 0.05) is 19.7 Å². The zero-order valence-electron chi connectivity index (χ0n) is 10.3. The van der Waals surface area contributed by atoms with Crippen LogP contribution < -0.4 is 9.64 Å². The number of aliphatic hydroxyl groups is 1. The SMILES string of the molecule is COc1c(Br)ccc(C(C)(C)O)c1N(C)C. The number of nitrogens with zero attached hydrogens (tertiary/aromatic N) is 1. The first-order valence-electron chi connectivity index (χ1n) is 5.05. The number of ether oxygens (including phenoxy) is 1. The number of rotatable bonds is 3. The summed E-state index contributed by atoms with van der Waals surface area (Å²) in [6.45, 7) is 3.53. The van der Waals surface area contributed by atoms with Crippen LogP contribution in [-0.4, -0.2) is 26.3 Å². The monoisotopic (exact) mass is 287 g/mol. The lowest BCUT2D eigenvalue weighted by molar-refractivity contribution is 0.0788. The molecule has 1 aromatic rings. The minimum atomic E-state index is -0.895. The number of anilines is 1. The summed E-state index contributed by atoms with van der Waals surface area (Å²) in [6, 6.07) is 3.79. The molecule has 0 fully saturated rings. The summed E-state index contributed by atoms with van der Waals surface area (Å²) in [5.74, 6) is 0.740. The maximum Gasteiger partial charge on any atom is 0.156 e. The molecule has 0 aromatic heterocycles. The Bertz CT molecular complexity index is 383. The lowest BCUT2D eigenvalue weighted by Gasteiger charge is -2.27. The molecule has 0 saturated carbocycles. The highest BCUT2D eigenvalue weighted by Gasteiger charge is 2.25. The van der Waals surface area contributed by atoms with Gasteiger partial charge in [0.25, 0.3) is 0 Å². The van der Waals surface area contributed by atoms with Gasteiger partial charge in [-0.1, -0.05) is 6.07 Å². The zero-order chi connectivity index (χ0) is 12.5. The lowest BCUT2D eigenvalue weighted by Crippen LogP contribution is -2.22. The predicted molar refractivity (Wildman–Crippen MR) is 70.3 cm³/mol. The Labute approximate surface area is 105 Å². The third kappa shape index (κ3) is 2.50. The Balaban J connectivity index is 3.52. The molecule has 0 heterocycles. The fourth-order valence-corrected chi connectivity index (χ4v) is 2.16. The second kappa shape index (κ2) is 4.63.